The number of nitrogens with two attached hydrogens (primary N) is 1. The lowest BCUT2D eigenvalue weighted by Gasteiger charge is -2.11. The van der Waals surface area contributed by atoms with Crippen molar-refractivity contribution in [3.63, 3.8) is 0 Å². The number of hydrogen-bond acceptors (Lipinski definition) is 4. The zero-order valence-corrected chi connectivity index (χ0v) is 7.73. The number of hydroxylamine groups is 2. The summed E-state index contributed by atoms with van der Waals surface area (Å²) in [7, 11) is 0. The maximum Gasteiger partial charge on any atom is 0.313 e. The molecule has 1 aromatic rings. The molecule has 5 nitrogen and oxygen atoms in total. The number of carbonyl (C=O) groups excluding carboxylic acids is 1. The minimum absolute atomic E-state index is 0.234. The molecule has 0 aliphatic carbocycles. The first-order valence-corrected chi connectivity index (χ1v) is 4.55. The van der Waals surface area contributed by atoms with E-state index in [-0.39, 0.29) is 11.7 Å². The maximum atomic E-state index is 11.6. The molecular formula is C9H12N2O3. The number of amides is 1. The highest BCUT2D eigenvalue weighted by atomic mass is 16.7. The van der Waals surface area contributed by atoms with Crippen LogP contribution in [0.4, 0.5) is 0 Å². The molecule has 1 aromatic heterocycles. The van der Waals surface area contributed by atoms with Gasteiger partial charge in [0.25, 0.3) is 0 Å². The van der Waals surface area contributed by atoms with Gasteiger partial charge < -0.3 is 10.2 Å². The molecule has 1 saturated heterocycles. The summed E-state index contributed by atoms with van der Waals surface area (Å²) >= 11 is 0. The lowest BCUT2D eigenvalue weighted by Crippen LogP contribution is -2.25. The number of nitrogens with zero attached hydrogens (tertiary/aromatic N) is 1. The topological polar surface area (TPSA) is 68.7 Å². The predicted octanol–water partition coefficient (Wildman–Crippen LogP) is 0.516. The average Bonchev–Trinajstić information content (AvgIpc) is 2.88. The molecule has 76 valence electrons. The van der Waals surface area contributed by atoms with Crippen molar-refractivity contribution in [1.29, 1.82) is 0 Å². The van der Waals surface area contributed by atoms with E-state index in [0.29, 0.717) is 25.5 Å². The van der Waals surface area contributed by atoms with Gasteiger partial charge in [-0.3, -0.25) is 9.63 Å². The molecule has 0 saturated carbocycles. The highest BCUT2D eigenvalue weighted by molar-refractivity contribution is 5.90. The van der Waals surface area contributed by atoms with E-state index in [1.54, 1.807) is 12.1 Å². The van der Waals surface area contributed by atoms with Crippen LogP contribution in [0.5, 0.6) is 0 Å². The van der Waals surface area contributed by atoms with Gasteiger partial charge in [0.05, 0.1) is 19.7 Å². The minimum Gasteiger partial charge on any atom is -0.454 e. The van der Waals surface area contributed by atoms with Gasteiger partial charge in [0.2, 0.25) is 0 Å². The Bertz CT molecular complexity index is 329. The third-order valence-corrected chi connectivity index (χ3v) is 2.05. The highest BCUT2D eigenvalue weighted by Gasteiger charge is 2.23. The molecule has 1 amide bonds. The molecule has 0 unspecified atom stereocenters. The van der Waals surface area contributed by atoms with Crippen molar-refractivity contribution in [2.75, 3.05) is 13.2 Å². The van der Waals surface area contributed by atoms with E-state index in [1.165, 1.54) is 5.06 Å². The van der Waals surface area contributed by atoms with Crippen LogP contribution in [-0.2, 0) is 11.4 Å². The second-order valence-electron chi connectivity index (χ2n) is 3.06. The number of rotatable bonds is 2. The molecule has 14 heavy (non-hydrogen) atoms. The van der Waals surface area contributed by atoms with E-state index in [1.807, 2.05) is 0 Å². The number of carbonyl (C=O) groups is 1. The van der Waals surface area contributed by atoms with Gasteiger partial charge in [-0.1, -0.05) is 0 Å². The molecule has 2 heterocycles. The van der Waals surface area contributed by atoms with E-state index >= 15 is 0 Å². The standard InChI is InChI=1S/C9H12N2O3/c10-6-7-2-3-8(14-7)9(12)11-4-1-5-13-11/h2-3H,1,4-6,10H2. The van der Waals surface area contributed by atoms with Gasteiger partial charge in [-0.05, 0) is 18.6 Å². The predicted molar refractivity (Wildman–Crippen MR) is 48.2 cm³/mol. The molecule has 1 aliphatic rings. The highest BCUT2D eigenvalue weighted by Crippen LogP contribution is 2.13. The summed E-state index contributed by atoms with van der Waals surface area (Å²) in [6, 6.07) is 3.31. The summed E-state index contributed by atoms with van der Waals surface area (Å²) in [6.07, 6.45) is 0.871. The van der Waals surface area contributed by atoms with E-state index in [2.05, 4.69) is 0 Å². The molecule has 0 aromatic carbocycles. The van der Waals surface area contributed by atoms with Crippen LogP contribution in [0.25, 0.3) is 0 Å². The van der Waals surface area contributed by atoms with E-state index in [4.69, 9.17) is 15.0 Å². The van der Waals surface area contributed by atoms with Crippen LogP contribution in [0.15, 0.2) is 16.5 Å². The number of hydrogen-bond donors (Lipinski definition) is 1. The number of furan rings is 1. The Kier molecular flexibility index (Phi) is 2.51. The van der Waals surface area contributed by atoms with Crippen LogP contribution in [0, 0.1) is 0 Å². The lowest BCUT2D eigenvalue weighted by atomic mass is 10.4. The first kappa shape index (κ1) is 9.23. The third-order valence-electron chi connectivity index (χ3n) is 2.05. The Morgan fingerprint density at radius 2 is 2.43 bits per heavy atom. The quantitative estimate of drug-likeness (QED) is 0.748. The fourth-order valence-corrected chi connectivity index (χ4v) is 1.33. The van der Waals surface area contributed by atoms with Crippen LogP contribution >= 0.6 is 0 Å². The lowest BCUT2D eigenvalue weighted by molar-refractivity contribution is -0.0785. The normalized spacial score (nSPS) is 16.2. The van der Waals surface area contributed by atoms with Gasteiger partial charge in [0.15, 0.2) is 5.76 Å². The monoisotopic (exact) mass is 196 g/mol. The molecule has 1 aliphatic heterocycles. The van der Waals surface area contributed by atoms with Crippen molar-refractivity contribution in [3.05, 3.63) is 23.7 Å². The van der Waals surface area contributed by atoms with Crippen LogP contribution in [-0.4, -0.2) is 24.1 Å². The Morgan fingerprint density at radius 3 is 3.00 bits per heavy atom. The molecule has 0 atom stereocenters. The van der Waals surface area contributed by atoms with Crippen molar-refractivity contribution in [2.45, 2.75) is 13.0 Å². The van der Waals surface area contributed by atoms with E-state index in [0.717, 1.165) is 6.42 Å². The van der Waals surface area contributed by atoms with Crippen LogP contribution in [0.3, 0.4) is 0 Å². The minimum atomic E-state index is -0.234. The van der Waals surface area contributed by atoms with Crippen molar-refractivity contribution < 1.29 is 14.0 Å². The average molecular weight is 196 g/mol. The maximum absolute atomic E-state index is 11.6. The molecule has 2 rings (SSSR count). The van der Waals surface area contributed by atoms with Gasteiger partial charge in [-0.25, -0.2) is 5.06 Å². The third kappa shape index (κ3) is 1.64. The Hall–Kier alpha value is -1.33. The second-order valence-corrected chi connectivity index (χ2v) is 3.06. The largest absolute Gasteiger partial charge is 0.454 e. The van der Waals surface area contributed by atoms with E-state index in [9.17, 15) is 4.79 Å². The van der Waals surface area contributed by atoms with Gasteiger partial charge in [0, 0.05) is 0 Å². The molecule has 0 spiro atoms. The fraction of sp³-hybridized carbons (Fsp3) is 0.444. The molecule has 0 radical (unpaired) electrons. The summed E-state index contributed by atoms with van der Waals surface area (Å²) < 4.78 is 5.21. The Morgan fingerprint density at radius 1 is 1.57 bits per heavy atom. The van der Waals surface area contributed by atoms with Crippen LogP contribution < -0.4 is 5.73 Å². The SMILES string of the molecule is NCc1ccc(C(=O)N2CCCO2)o1. The first-order valence-electron chi connectivity index (χ1n) is 4.55. The van der Waals surface area contributed by atoms with Crippen molar-refractivity contribution in [3.8, 4) is 0 Å². The molecule has 5 heteroatoms. The van der Waals surface area contributed by atoms with Gasteiger partial charge in [-0.15, -0.1) is 0 Å². The van der Waals surface area contributed by atoms with Crippen LogP contribution in [0.1, 0.15) is 22.7 Å². The summed E-state index contributed by atoms with van der Waals surface area (Å²) in [5.74, 6) is 0.655. The van der Waals surface area contributed by atoms with Crippen molar-refractivity contribution in [1.82, 2.24) is 5.06 Å². The van der Waals surface area contributed by atoms with Gasteiger partial charge >= 0.3 is 5.91 Å². The first-order chi connectivity index (χ1) is 6.81. The zero-order valence-electron chi connectivity index (χ0n) is 7.73. The Balaban J connectivity index is 2.09. The summed E-state index contributed by atoms with van der Waals surface area (Å²) in [5, 5.41) is 1.32. The molecule has 1 fully saturated rings. The molecular weight excluding hydrogens is 184 g/mol. The fourth-order valence-electron chi connectivity index (χ4n) is 1.33. The van der Waals surface area contributed by atoms with Crippen molar-refractivity contribution in [2.24, 2.45) is 5.73 Å². The molecule has 2 N–H and O–H groups in total. The van der Waals surface area contributed by atoms with Crippen LogP contribution in [0.2, 0.25) is 0 Å². The summed E-state index contributed by atoms with van der Waals surface area (Å²) in [6.45, 7) is 1.52. The smallest absolute Gasteiger partial charge is 0.313 e. The van der Waals surface area contributed by atoms with E-state index < -0.39 is 0 Å². The second kappa shape index (κ2) is 3.81. The summed E-state index contributed by atoms with van der Waals surface area (Å²) in [5.41, 5.74) is 5.37. The molecule has 0 bridgehead atoms. The van der Waals surface area contributed by atoms with Crippen molar-refractivity contribution >= 4 is 5.91 Å². The summed E-state index contributed by atoms with van der Waals surface area (Å²) in [4.78, 5) is 16.7. The van der Waals surface area contributed by atoms with Gasteiger partial charge in [-0.2, -0.15) is 0 Å². The Labute approximate surface area is 81.4 Å². The van der Waals surface area contributed by atoms with Gasteiger partial charge in [0.1, 0.15) is 5.76 Å². The zero-order chi connectivity index (χ0) is 9.97.